The molecule has 0 radical (unpaired) electrons. The summed E-state index contributed by atoms with van der Waals surface area (Å²) in [6.45, 7) is 1.14. The molecule has 2 aliphatic rings. The number of non-ortho nitro benzene ring substituents is 1. The van der Waals surface area contributed by atoms with Gasteiger partial charge in [0.15, 0.2) is 0 Å². The second-order valence-corrected chi connectivity index (χ2v) is 6.81. The van der Waals surface area contributed by atoms with Crippen LogP contribution in [0.5, 0.6) is 0 Å². The van der Waals surface area contributed by atoms with Crippen molar-refractivity contribution in [3.8, 4) is 0 Å². The number of amides is 1. The molecular weight excluding hydrogens is 330 g/mol. The molecule has 1 heterocycles. The third-order valence-corrected chi connectivity index (χ3v) is 5.35. The number of nitro groups is 1. The average Bonchev–Trinajstić information content (AvgIpc) is 2.98. The number of fused-ring (bicyclic) bond motifs is 1. The number of hydrogen-bond donors (Lipinski definition) is 1. The van der Waals surface area contributed by atoms with Crippen LogP contribution in [0.3, 0.4) is 0 Å². The van der Waals surface area contributed by atoms with Crippen LogP contribution in [-0.4, -0.2) is 23.9 Å². The van der Waals surface area contributed by atoms with Gasteiger partial charge in [-0.3, -0.25) is 14.9 Å². The average molecular weight is 354 g/mol. The van der Waals surface area contributed by atoms with E-state index in [9.17, 15) is 14.9 Å². The van der Waals surface area contributed by atoms with Gasteiger partial charge in [-0.15, -0.1) is 12.4 Å². The lowest BCUT2D eigenvalue weighted by Crippen LogP contribution is -2.40. The minimum Gasteiger partial charge on any atom is -0.330 e. The number of carbonyl (C=O) groups excluding carboxylic acids is 1. The molecule has 0 spiro atoms. The van der Waals surface area contributed by atoms with Crippen molar-refractivity contribution in [3.05, 3.63) is 33.9 Å². The Balaban J connectivity index is 0.00000208. The number of rotatable bonds is 4. The fraction of sp³-hybridized carbons (Fsp3) is 0.588. The summed E-state index contributed by atoms with van der Waals surface area (Å²) in [5.41, 5.74) is 7.65. The van der Waals surface area contributed by atoms with Crippen LogP contribution in [0.2, 0.25) is 0 Å². The third kappa shape index (κ3) is 3.54. The number of nitrogens with zero attached hydrogens (tertiary/aromatic N) is 2. The van der Waals surface area contributed by atoms with Crippen molar-refractivity contribution in [2.24, 2.45) is 11.1 Å². The summed E-state index contributed by atoms with van der Waals surface area (Å²) in [6, 6.07) is 4.80. The first-order valence-electron chi connectivity index (χ1n) is 8.32. The van der Waals surface area contributed by atoms with Crippen molar-refractivity contribution in [2.75, 3.05) is 18.0 Å². The molecule has 1 amide bonds. The predicted molar refractivity (Wildman–Crippen MR) is 95.6 cm³/mol. The first-order valence-corrected chi connectivity index (χ1v) is 8.32. The monoisotopic (exact) mass is 353 g/mol. The summed E-state index contributed by atoms with van der Waals surface area (Å²) in [7, 11) is 0. The molecule has 0 bridgehead atoms. The summed E-state index contributed by atoms with van der Waals surface area (Å²) in [5.74, 6) is 0.0524. The van der Waals surface area contributed by atoms with Crippen molar-refractivity contribution < 1.29 is 9.72 Å². The highest BCUT2D eigenvalue weighted by Gasteiger charge is 2.36. The van der Waals surface area contributed by atoms with Gasteiger partial charge in [-0.2, -0.15) is 0 Å². The Hall–Kier alpha value is -1.66. The summed E-state index contributed by atoms with van der Waals surface area (Å²) in [5, 5.41) is 11.0. The standard InChI is InChI=1S/C17H23N3O3.ClH/c18-12-17(7-2-1-3-8-17)11-16(21)19-9-6-13-4-5-14(20(22)23)10-15(13)19;/h4-5,10H,1-3,6-9,11-12,18H2;1H. The highest BCUT2D eigenvalue weighted by Crippen LogP contribution is 2.40. The van der Waals surface area contributed by atoms with Crippen molar-refractivity contribution in [3.63, 3.8) is 0 Å². The Morgan fingerprint density at radius 2 is 2.00 bits per heavy atom. The molecule has 0 aromatic heterocycles. The molecule has 1 aromatic rings. The van der Waals surface area contributed by atoms with Crippen LogP contribution in [0, 0.1) is 15.5 Å². The maximum Gasteiger partial charge on any atom is 0.271 e. The predicted octanol–water partition coefficient (Wildman–Crippen LogP) is 3.21. The van der Waals surface area contributed by atoms with E-state index in [0.29, 0.717) is 25.2 Å². The molecule has 24 heavy (non-hydrogen) atoms. The van der Waals surface area contributed by atoms with Gasteiger partial charge in [0.1, 0.15) is 0 Å². The van der Waals surface area contributed by atoms with E-state index < -0.39 is 4.92 Å². The molecule has 6 nitrogen and oxygen atoms in total. The fourth-order valence-corrected chi connectivity index (χ4v) is 3.91. The smallest absolute Gasteiger partial charge is 0.271 e. The van der Waals surface area contributed by atoms with E-state index in [-0.39, 0.29) is 29.4 Å². The maximum absolute atomic E-state index is 12.8. The molecule has 2 N–H and O–H groups in total. The summed E-state index contributed by atoms with van der Waals surface area (Å²) >= 11 is 0. The second kappa shape index (κ2) is 7.49. The zero-order valence-corrected chi connectivity index (χ0v) is 14.5. The number of carbonyl (C=O) groups is 1. The van der Waals surface area contributed by atoms with E-state index in [1.165, 1.54) is 18.6 Å². The molecule has 3 rings (SSSR count). The van der Waals surface area contributed by atoms with Gasteiger partial charge < -0.3 is 10.6 Å². The number of anilines is 1. The third-order valence-electron chi connectivity index (χ3n) is 5.35. The molecular formula is C17H24ClN3O3. The van der Waals surface area contributed by atoms with Gasteiger partial charge in [-0.05, 0) is 36.8 Å². The van der Waals surface area contributed by atoms with Crippen LogP contribution in [0.4, 0.5) is 11.4 Å². The van der Waals surface area contributed by atoms with Gasteiger partial charge in [0.2, 0.25) is 5.91 Å². The van der Waals surface area contributed by atoms with Gasteiger partial charge >= 0.3 is 0 Å². The fourth-order valence-electron chi connectivity index (χ4n) is 3.91. The van der Waals surface area contributed by atoms with E-state index in [4.69, 9.17) is 5.73 Å². The van der Waals surface area contributed by atoms with Gasteiger partial charge in [0.25, 0.3) is 5.69 Å². The van der Waals surface area contributed by atoms with E-state index in [1.807, 2.05) is 0 Å². The number of nitrogens with two attached hydrogens (primary N) is 1. The zero-order valence-electron chi connectivity index (χ0n) is 13.7. The van der Waals surface area contributed by atoms with Gasteiger partial charge in [-0.25, -0.2) is 0 Å². The summed E-state index contributed by atoms with van der Waals surface area (Å²) < 4.78 is 0. The van der Waals surface area contributed by atoms with Crippen molar-refractivity contribution >= 4 is 29.7 Å². The molecule has 1 saturated carbocycles. The second-order valence-electron chi connectivity index (χ2n) is 6.81. The Labute approximate surface area is 148 Å². The summed E-state index contributed by atoms with van der Waals surface area (Å²) in [6.07, 6.45) is 6.70. The van der Waals surface area contributed by atoms with Crippen molar-refractivity contribution in [1.82, 2.24) is 0 Å². The van der Waals surface area contributed by atoms with E-state index >= 15 is 0 Å². The SMILES string of the molecule is Cl.NCC1(CC(=O)N2CCc3ccc([N+](=O)[O-])cc32)CCCCC1. The Kier molecular flexibility index (Phi) is 5.83. The van der Waals surface area contributed by atoms with Crippen molar-refractivity contribution in [1.29, 1.82) is 0 Å². The van der Waals surface area contributed by atoms with Gasteiger partial charge in [0, 0.05) is 25.1 Å². The molecule has 1 aliphatic carbocycles. The van der Waals surface area contributed by atoms with Crippen LogP contribution in [-0.2, 0) is 11.2 Å². The minimum atomic E-state index is -0.413. The van der Waals surface area contributed by atoms with Crippen LogP contribution in [0.15, 0.2) is 18.2 Å². The highest BCUT2D eigenvalue weighted by atomic mass is 35.5. The molecule has 132 valence electrons. The zero-order chi connectivity index (χ0) is 16.4. The minimum absolute atomic E-state index is 0. The van der Waals surface area contributed by atoms with Crippen molar-refractivity contribution in [2.45, 2.75) is 44.9 Å². The van der Waals surface area contributed by atoms with Gasteiger partial charge in [0.05, 0.1) is 10.6 Å². The van der Waals surface area contributed by atoms with Crippen LogP contribution in [0.25, 0.3) is 0 Å². The van der Waals surface area contributed by atoms with Crippen LogP contribution >= 0.6 is 12.4 Å². The molecule has 1 aliphatic heterocycles. The van der Waals surface area contributed by atoms with E-state index in [0.717, 1.165) is 37.7 Å². The number of nitro benzene ring substituents is 1. The van der Waals surface area contributed by atoms with Gasteiger partial charge in [-0.1, -0.05) is 25.3 Å². The van der Waals surface area contributed by atoms with Crippen LogP contribution < -0.4 is 10.6 Å². The number of hydrogen-bond acceptors (Lipinski definition) is 4. The lowest BCUT2D eigenvalue weighted by Gasteiger charge is -2.36. The largest absolute Gasteiger partial charge is 0.330 e. The van der Waals surface area contributed by atoms with E-state index in [2.05, 4.69) is 0 Å². The lowest BCUT2D eigenvalue weighted by atomic mass is 9.71. The molecule has 1 fully saturated rings. The maximum atomic E-state index is 12.8. The quantitative estimate of drug-likeness (QED) is 0.664. The summed E-state index contributed by atoms with van der Waals surface area (Å²) in [4.78, 5) is 25.1. The molecule has 1 aromatic carbocycles. The lowest BCUT2D eigenvalue weighted by molar-refractivity contribution is -0.384. The normalized spacial score (nSPS) is 18.6. The molecule has 7 heteroatoms. The first kappa shape index (κ1) is 18.7. The topological polar surface area (TPSA) is 89.5 Å². The highest BCUT2D eigenvalue weighted by molar-refractivity contribution is 5.96. The Morgan fingerprint density at radius 1 is 1.29 bits per heavy atom. The van der Waals surface area contributed by atoms with E-state index in [1.54, 1.807) is 11.0 Å². The first-order chi connectivity index (χ1) is 11.0. The molecule has 0 saturated heterocycles. The Bertz CT molecular complexity index is 630. The number of halogens is 1. The molecule has 0 atom stereocenters. The number of benzene rings is 1. The van der Waals surface area contributed by atoms with Crippen LogP contribution in [0.1, 0.15) is 44.1 Å². The molecule has 0 unspecified atom stereocenters. The Morgan fingerprint density at radius 3 is 2.62 bits per heavy atom.